The van der Waals surface area contributed by atoms with E-state index >= 15 is 0 Å². The second kappa shape index (κ2) is 8.10. The molecule has 0 heterocycles. The molecule has 0 aliphatic heterocycles. The molecule has 0 saturated heterocycles. The summed E-state index contributed by atoms with van der Waals surface area (Å²) in [6, 6.07) is 0. The molecule has 1 nitrogen and oxygen atoms in total. The lowest BCUT2D eigenvalue weighted by Crippen LogP contribution is -2.46. The summed E-state index contributed by atoms with van der Waals surface area (Å²) in [6.07, 6.45) is -3.43. The fourth-order valence-corrected chi connectivity index (χ4v) is 5.02. The van der Waals surface area contributed by atoms with Gasteiger partial charge in [0.1, 0.15) is 18.5 Å². The van der Waals surface area contributed by atoms with Gasteiger partial charge in [0.2, 0.25) is 0 Å². The molecule has 146 valence electrons. The van der Waals surface area contributed by atoms with E-state index in [9.17, 15) is 22.0 Å². The second-order valence-corrected chi connectivity index (χ2v) is 8.24. The molecule has 0 amide bonds. The minimum absolute atomic E-state index is 0.0611. The van der Waals surface area contributed by atoms with Crippen molar-refractivity contribution in [3.8, 4) is 0 Å². The van der Waals surface area contributed by atoms with E-state index in [1.54, 1.807) is 0 Å². The van der Waals surface area contributed by atoms with E-state index in [1.165, 1.54) is 6.42 Å². The fraction of sp³-hybridized carbons (Fsp3) is 1.00. The van der Waals surface area contributed by atoms with E-state index < -0.39 is 36.6 Å². The van der Waals surface area contributed by atoms with Crippen molar-refractivity contribution in [2.24, 2.45) is 17.8 Å². The molecule has 3 aliphatic carbocycles. The average molecular weight is 368 g/mol. The van der Waals surface area contributed by atoms with Crippen LogP contribution in [0.25, 0.3) is 0 Å². The maximum Gasteiger partial charge on any atom is 0.361 e. The minimum Gasteiger partial charge on any atom is -0.317 e. The predicted octanol–water partition coefficient (Wildman–Crippen LogP) is 6.16. The van der Waals surface area contributed by atoms with E-state index in [4.69, 9.17) is 4.74 Å². The Morgan fingerprint density at radius 1 is 0.640 bits per heavy atom. The van der Waals surface area contributed by atoms with Crippen molar-refractivity contribution in [3.05, 3.63) is 0 Å². The van der Waals surface area contributed by atoms with Crippen LogP contribution in [0.3, 0.4) is 0 Å². The first-order valence-electron chi connectivity index (χ1n) is 9.84. The average Bonchev–Trinajstić information content (AvgIpc) is 2.58. The van der Waals surface area contributed by atoms with Crippen molar-refractivity contribution in [1.82, 2.24) is 0 Å². The zero-order chi connectivity index (χ0) is 18.0. The lowest BCUT2D eigenvalue weighted by atomic mass is 9.70. The number of hydrogen-bond donors (Lipinski definition) is 0. The lowest BCUT2D eigenvalue weighted by molar-refractivity contribution is -0.312. The quantitative estimate of drug-likeness (QED) is 0.540. The van der Waals surface area contributed by atoms with Crippen LogP contribution in [-0.2, 0) is 4.74 Å². The molecule has 3 aliphatic rings. The van der Waals surface area contributed by atoms with Crippen molar-refractivity contribution in [1.29, 1.82) is 0 Å². The first-order valence-corrected chi connectivity index (χ1v) is 9.84. The van der Waals surface area contributed by atoms with Gasteiger partial charge in [-0.1, -0.05) is 32.1 Å². The summed E-state index contributed by atoms with van der Waals surface area (Å²) in [4.78, 5) is 0. The number of hydrogen-bond acceptors (Lipinski definition) is 1. The number of rotatable bonds is 4. The highest BCUT2D eigenvalue weighted by atomic mass is 19.3. The number of halogens is 5. The third kappa shape index (κ3) is 4.67. The molecule has 0 aromatic carbocycles. The molecule has 25 heavy (non-hydrogen) atoms. The van der Waals surface area contributed by atoms with Gasteiger partial charge in [-0.05, 0) is 43.9 Å². The molecular formula is C19H29F5O. The van der Waals surface area contributed by atoms with E-state index in [0.717, 1.165) is 25.7 Å². The molecule has 3 saturated carbocycles. The summed E-state index contributed by atoms with van der Waals surface area (Å²) in [5.74, 6) is -0.803. The minimum atomic E-state index is -3.61. The highest BCUT2D eigenvalue weighted by Gasteiger charge is 2.51. The summed E-state index contributed by atoms with van der Waals surface area (Å²) in [5.41, 5.74) is 0. The zero-order valence-electron chi connectivity index (χ0n) is 14.6. The first-order chi connectivity index (χ1) is 11.9. The summed E-state index contributed by atoms with van der Waals surface area (Å²) in [7, 11) is 0. The van der Waals surface area contributed by atoms with E-state index in [0.29, 0.717) is 12.3 Å². The summed E-state index contributed by atoms with van der Waals surface area (Å²) < 4.78 is 74.8. The van der Waals surface area contributed by atoms with Crippen LogP contribution in [0, 0.1) is 17.8 Å². The Bertz CT molecular complexity index is 426. The summed E-state index contributed by atoms with van der Waals surface area (Å²) in [6.45, 7) is 0. The standard InChI is InChI=1S/C19H29F5O/c20-16-9-7-14(11-18(16)22)25-19(23,24)15-8-6-13(10-17(15)21)12-4-2-1-3-5-12/h12-18H,1-11H2. The number of ether oxygens (including phenoxy) is 1. The van der Waals surface area contributed by atoms with Gasteiger partial charge < -0.3 is 4.74 Å². The summed E-state index contributed by atoms with van der Waals surface area (Å²) >= 11 is 0. The van der Waals surface area contributed by atoms with Gasteiger partial charge in [-0.3, -0.25) is 0 Å². The Morgan fingerprint density at radius 2 is 1.36 bits per heavy atom. The third-order valence-electron chi connectivity index (χ3n) is 6.53. The van der Waals surface area contributed by atoms with Gasteiger partial charge in [-0.2, -0.15) is 8.78 Å². The topological polar surface area (TPSA) is 9.23 Å². The molecule has 0 N–H and O–H groups in total. The van der Waals surface area contributed by atoms with Crippen LogP contribution in [-0.4, -0.2) is 30.7 Å². The van der Waals surface area contributed by atoms with Crippen molar-refractivity contribution in [2.75, 3.05) is 0 Å². The molecule has 3 rings (SSSR count). The van der Waals surface area contributed by atoms with Crippen LogP contribution >= 0.6 is 0 Å². The lowest BCUT2D eigenvalue weighted by Gasteiger charge is -2.41. The molecule has 0 spiro atoms. The van der Waals surface area contributed by atoms with Crippen molar-refractivity contribution < 1.29 is 26.7 Å². The summed E-state index contributed by atoms with van der Waals surface area (Å²) in [5, 5.41) is 0. The van der Waals surface area contributed by atoms with Crippen LogP contribution in [0.4, 0.5) is 22.0 Å². The van der Waals surface area contributed by atoms with Gasteiger partial charge in [-0.25, -0.2) is 13.2 Å². The Hall–Kier alpha value is -0.390. The molecule has 0 radical (unpaired) electrons. The maximum absolute atomic E-state index is 14.5. The third-order valence-corrected chi connectivity index (χ3v) is 6.53. The monoisotopic (exact) mass is 368 g/mol. The Labute approximate surface area is 146 Å². The Kier molecular flexibility index (Phi) is 6.27. The van der Waals surface area contributed by atoms with Crippen LogP contribution in [0.15, 0.2) is 0 Å². The van der Waals surface area contributed by atoms with Gasteiger partial charge in [0.25, 0.3) is 0 Å². The molecule has 3 fully saturated rings. The van der Waals surface area contributed by atoms with Crippen LogP contribution in [0.5, 0.6) is 0 Å². The van der Waals surface area contributed by atoms with Gasteiger partial charge in [0, 0.05) is 6.42 Å². The van der Waals surface area contributed by atoms with Gasteiger partial charge >= 0.3 is 6.11 Å². The van der Waals surface area contributed by atoms with Crippen molar-refractivity contribution in [2.45, 2.75) is 101 Å². The van der Waals surface area contributed by atoms with E-state index in [-0.39, 0.29) is 38.0 Å². The van der Waals surface area contributed by atoms with Crippen molar-refractivity contribution in [3.63, 3.8) is 0 Å². The van der Waals surface area contributed by atoms with Gasteiger partial charge in [0.15, 0.2) is 0 Å². The fourth-order valence-electron chi connectivity index (χ4n) is 5.02. The van der Waals surface area contributed by atoms with Gasteiger partial charge in [0.05, 0.1) is 12.0 Å². The second-order valence-electron chi connectivity index (χ2n) is 8.24. The molecule has 6 heteroatoms. The molecule has 0 aromatic rings. The van der Waals surface area contributed by atoms with E-state index in [1.807, 2.05) is 0 Å². The van der Waals surface area contributed by atoms with Crippen LogP contribution in [0.2, 0.25) is 0 Å². The zero-order valence-corrected chi connectivity index (χ0v) is 14.6. The molecular weight excluding hydrogens is 339 g/mol. The van der Waals surface area contributed by atoms with Crippen LogP contribution < -0.4 is 0 Å². The molecule has 0 aromatic heterocycles. The largest absolute Gasteiger partial charge is 0.361 e. The number of alkyl halides is 5. The first kappa shape index (κ1) is 19.4. The molecule has 6 unspecified atom stereocenters. The Morgan fingerprint density at radius 3 is 2.00 bits per heavy atom. The highest BCUT2D eigenvalue weighted by Crippen LogP contribution is 2.46. The Balaban J connectivity index is 1.53. The SMILES string of the molecule is FC1CCC(OC(F)(F)C2CCC(C3CCCCC3)CC2F)CC1F. The maximum atomic E-state index is 14.5. The molecule has 6 atom stereocenters. The molecule has 0 bridgehead atoms. The smallest absolute Gasteiger partial charge is 0.317 e. The van der Waals surface area contributed by atoms with Gasteiger partial charge in [-0.15, -0.1) is 0 Å². The predicted molar refractivity (Wildman–Crippen MR) is 85.8 cm³/mol. The van der Waals surface area contributed by atoms with E-state index in [2.05, 4.69) is 0 Å². The highest BCUT2D eigenvalue weighted by molar-refractivity contribution is 4.89. The van der Waals surface area contributed by atoms with Crippen molar-refractivity contribution >= 4 is 0 Å². The normalized spacial score (nSPS) is 41.6. The van der Waals surface area contributed by atoms with Crippen LogP contribution in [0.1, 0.15) is 70.6 Å².